The molecule has 1 aliphatic rings. The van der Waals surface area contributed by atoms with E-state index in [2.05, 4.69) is 21.4 Å². The van der Waals surface area contributed by atoms with E-state index in [0.29, 0.717) is 12.5 Å². The second kappa shape index (κ2) is 5.09. The summed E-state index contributed by atoms with van der Waals surface area (Å²) in [7, 11) is 0. The largest absolute Gasteiger partial charge is 0.478 e. The van der Waals surface area contributed by atoms with E-state index in [1.807, 2.05) is 6.92 Å². The third-order valence-electron chi connectivity index (χ3n) is 3.11. The summed E-state index contributed by atoms with van der Waals surface area (Å²) >= 11 is 0. The Morgan fingerprint density at radius 2 is 2.37 bits per heavy atom. The molecule has 0 atom stereocenters. The molecule has 1 aliphatic heterocycles. The van der Waals surface area contributed by atoms with Gasteiger partial charge >= 0.3 is 5.97 Å². The molecule has 0 aromatic carbocycles. The quantitative estimate of drug-likeness (QED) is 0.621. The van der Waals surface area contributed by atoms with E-state index in [9.17, 15) is 4.79 Å². The van der Waals surface area contributed by atoms with Gasteiger partial charge in [0.25, 0.3) is 0 Å². The van der Waals surface area contributed by atoms with Crippen LogP contribution in [0.4, 0.5) is 5.95 Å². The predicted molar refractivity (Wildman–Crippen MR) is 71.1 cm³/mol. The first kappa shape index (κ1) is 13.1. The molecule has 0 spiro atoms. The highest BCUT2D eigenvalue weighted by Gasteiger charge is 2.18. The molecular formula is C13H16N4O2. The lowest BCUT2D eigenvalue weighted by molar-refractivity contribution is -0.132. The lowest BCUT2D eigenvalue weighted by Crippen LogP contribution is -2.30. The van der Waals surface area contributed by atoms with Crippen molar-refractivity contribution in [1.29, 1.82) is 0 Å². The van der Waals surface area contributed by atoms with Gasteiger partial charge in [-0.2, -0.15) is 0 Å². The fourth-order valence-electron chi connectivity index (χ4n) is 2.04. The summed E-state index contributed by atoms with van der Waals surface area (Å²) in [6.07, 6.45) is 4.07. The molecule has 19 heavy (non-hydrogen) atoms. The topological polar surface area (TPSA) is 92.3 Å². The number of aromatic nitrogens is 2. The summed E-state index contributed by atoms with van der Waals surface area (Å²) in [6, 6.07) is 0. The van der Waals surface area contributed by atoms with Crippen LogP contribution in [0.1, 0.15) is 18.2 Å². The molecule has 6 nitrogen and oxygen atoms in total. The Morgan fingerprint density at radius 1 is 1.63 bits per heavy atom. The van der Waals surface area contributed by atoms with Crippen molar-refractivity contribution in [3.05, 3.63) is 41.4 Å². The van der Waals surface area contributed by atoms with Crippen LogP contribution in [0, 0.1) is 0 Å². The van der Waals surface area contributed by atoms with Crippen molar-refractivity contribution in [2.45, 2.75) is 19.9 Å². The summed E-state index contributed by atoms with van der Waals surface area (Å²) < 4.78 is 0. The number of nitrogens with two attached hydrogens (primary N) is 1. The molecule has 0 fully saturated rings. The number of aliphatic carboxylic acids is 1. The number of anilines is 1. The van der Waals surface area contributed by atoms with E-state index >= 15 is 0 Å². The third kappa shape index (κ3) is 2.90. The Balaban J connectivity index is 2.16. The average molecular weight is 260 g/mol. The van der Waals surface area contributed by atoms with Crippen LogP contribution in [0.3, 0.4) is 0 Å². The number of rotatable bonds is 3. The molecule has 0 saturated carbocycles. The van der Waals surface area contributed by atoms with Crippen molar-refractivity contribution < 1.29 is 9.90 Å². The number of carboxylic acids is 1. The molecule has 0 bridgehead atoms. The Morgan fingerprint density at radius 3 is 3.05 bits per heavy atom. The lowest BCUT2D eigenvalue weighted by atomic mass is 10.1. The summed E-state index contributed by atoms with van der Waals surface area (Å²) in [5.74, 6) is -0.716. The molecule has 0 radical (unpaired) electrons. The lowest BCUT2D eigenvalue weighted by Gasteiger charge is -2.30. The fourth-order valence-corrected chi connectivity index (χ4v) is 2.04. The Labute approximate surface area is 111 Å². The summed E-state index contributed by atoms with van der Waals surface area (Å²) in [5, 5.41) is 8.82. The smallest absolute Gasteiger partial charge is 0.335 e. The molecule has 1 aromatic rings. The normalized spacial score (nSPS) is 15.0. The number of nitrogen functional groups attached to an aromatic ring is 1. The Hall–Kier alpha value is -2.37. The number of hydrogen-bond acceptors (Lipinski definition) is 5. The highest BCUT2D eigenvalue weighted by atomic mass is 16.4. The van der Waals surface area contributed by atoms with E-state index in [-0.39, 0.29) is 5.57 Å². The molecule has 100 valence electrons. The van der Waals surface area contributed by atoms with Crippen LogP contribution in [0.25, 0.3) is 0 Å². The van der Waals surface area contributed by atoms with Crippen LogP contribution < -0.4 is 5.73 Å². The minimum atomic E-state index is -1.01. The van der Waals surface area contributed by atoms with Crippen LogP contribution in [-0.2, 0) is 17.8 Å². The average Bonchev–Trinajstić information content (AvgIpc) is 2.37. The second-order valence-electron chi connectivity index (χ2n) is 4.49. The maximum absolute atomic E-state index is 10.8. The zero-order valence-corrected chi connectivity index (χ0v) is 10.8. The van der Waals surface area contributed by atoms with Crippen LogP contribution in [0.15, 0.2) is 30.1 Å². The van der Waals surface area contributed by atoms with E-state index in [1.54, 1.807) is 12.3 Å². The van der Waals surface area contributed by atoms with Gasteiger partial charge in [-0.05, 0) is 13.0 Å². The zero-order valence-electron chi connectivity index (χ0n) is 10.8. The number of carboxylic acid groups (broad SMARTS) is 1. The Kier molecular flexibility index (Phi) is 3.50. The standard InChI is InChI=1S/C13H16N4O2/c1-8(12(18)19)5-9(2)17-4-3-11-10(7-17)6-15-13(14)16-11/h5-6H,1,3-4,7H2,2H3,(H,18,19)(H2,14,15,16)/b9-5+. The number of hydrogen-bond donors (Lipinski definition) is 2. The number of fused-ring (bicyclic) bond motifs is 1. The van der Waals surface area contributed by atoms with Gasteiger partial charge in [0.2, 0.25) is 5.95 Å². The third-order valence-corrected chi connectivity index (χ3v) is 3.11. The van der Waals surface area contributed by atoms with E-state index in [4.69, 9.17) is 10.8 Å². The van der Waals surface area contributed by atoms with E-state index in [0.717, 1.165) is 29.9 Å². The maximum atomic E-state index is 10.8. The first-order chi connectivity index (χ1) is 8.97. The highest BCUT2D eigenvalue weighted by molar-refractivity contribution is 5.89. The van der Waals surface area contributed by atoms with Crippen molar-refractivity contribution in [3.63, 3.8) is 0 Å². The molecule has 0 aliphatic carbocycles. The first-order valence-corrected chi connectivity index (χ1v) is 5.93. The van der Waals surface area contributed by atoms with Gasteiger partial charge in [-0.1, -0.05) is 6.58 Å². The first-order valence-electron chi connectivity index (χ1n) is 5.93. The van der Waals surface area contributed by atoms with Crippen LogP contribution in [0.2, 0.25) is 0 Å². The van der Waals surface area contributed by atoms with Gasteiger partial charge in [-0.15, -0.1) is 0 Å². The van der Waals surface area contributed by atoms with Gasteiger partial charge in [-0.3, -0.25) is 0 Å². The van der Waals surface area contributed by atoms with Gasteiger partial charge in [0, 0.05) is 37.0 Å². The summed E-state index contributed by atoms with van der Waals surface area (Å²) in [6.45, 7) is 6.81. The molecule has 0 amide bonds. The maximum Gasteiger partial charge on any atom is 0.335 e. The Bertz CT molecular complexity index is 566. The van der Waals surface area contributed by atoms with Crippen LogP contribution in [-0.4, -0.2) is 32.5 Å². The van der Waals surface area contributed by atoms with Crippen molar-refractivity contribution in [3.8, 4) is 0 Å². The number of allylic oxidation sites excluding steroid dienone is 1. The molecule has 0 unspecified atom stereocenters. The van der Waals surface area contributed by atoms with Crippen molar-refractivity contribution in [2.24, 2.45) is 0 Å². The van der Waals surface area contributed by atoms with E-state index in [1.165, 1.54) is 0 Å². The van der Waals surface area contributed by atoms with Crippen LogP contribution >= 0.6 is 0 Å². The molecule has 3 N–H and O–H groups in total. The monoisotopic (exact) mass is 260 g/mol. The summed E-state index contributed by atoms with van der Waals surface area (Å²) in [5.41, 5.74) is 8.49. The predicted octanol–water partition coefficient (Wildman–Crippen LogP) is 0.961. The van der Waals surface area contributed by atoms with Gasteiger partial charge in [0.05, 0.1) is 11.3 Å². The molecule has 2 rings (SSSR count). The van der Waals surface area contributed by atoms with Crippen molar-refractivity contribution >= 4 is 11.9 Å². The van der Waals surface area contributed by atoms with Gasteiger partial charge in [0.1, 0.15) is 0 Å². The molecular weight excluding hydrogens is 244 g/mol. The SMILES string of the molecule is C=C(/C=C(\C)N1CCc2nc(N)ncc2C1)C(=O)O. The highest BCUT2D eigenvalue weighted by Crippen LogP contribution is 2.20. The number of carbonyl (C=O) groups is 1. The van der Waals surface area contributed by atoms with Gasteiger partial charge in [0.15, 0.2) is 0 Å². The van der Waals surface area contributed by atoms with E-state index < -0.39 is 5.97 Å². The van der Waals surface area contributed by atoms with Crippen molar-refractivity contribution in [1.82, 2.24) is 14.9 Å². The minimum Gasteiger partial charge on any atom is -0.478 e. The number of nitrogens with zero attached hydrogens (tertiary/aromatic N) is 3. The summed E-state index contributed by atoms with van der Waals surface area (Å²) in [4.78, 5) is 21.0. The zero-order chi connectivity index (χ0) is 14.0. The second-order valence-corrected chi connectivity index (χ2v) is 4.49. The van der Waals surface area contributed by atoms with Crippen molar-refractivity contribution in [2.75, 3.05) is 12.3 Å². The van der Waals surface area contributed by atoms with Crippen LogP contribution in [0.5, 0.6) is 0 Å². The molecule has 1 aromatic heterocycles. The minimum absolute atomic E-state index is 0.0804. The fraction of sp³-hybridized carbons (Fsp3) is 0.308. The molecule has 6 heteroatoms. The van der Waals surface area contributed by atoms with Gasteiger partial charge < -0.3 is 15.7 Å². The van der Waals surface area contributed by atoms with Gasteiger partial charge in [-0.25, -0.2) is 14.8 Å². The molecule has 0 saturated heterocycles. The molecule has 2 heterocycles.